The van der Waals surface area contributed by atoms with Gasteiger partial charge in [0, 0.05) is 24.0 Å². The Kier molecular flexibility index (Phi) is 5.84. The van der Waals surface area contributed by atoms with E-state index in [1.165, 1.54) is 6.33 Å². The van der Waals surface area contributed by atoms with Crippen molar-refractivity contribution in [3.63, 3.8) is 0 Å². The number of pyridine rings is 2. The molecule has 0 aliphatic heterocycles. The van der Waals surface area contributed by atoms with E-state index in [2.05, 4.69) is 25.3 Å². The van der Waals surface area contributed by atoms with Gasteiger partial charge in [-0.05, 0) is 42.0 Å². The van der Waals surface area contributed by atoms with Crippen molar-refractivity contribution < 1.29 is 0 Å². The zero-order valence-corrected chi connectivity index (χ0v) is 20.0. The summed E-state index contributed by atoms with van der Waals surface area (Å²) in [5.41, 5.74) is 12.2. The maximum atomic E-state index is 8.99. The van der Waals surface area contributed by atoms with Gasteiger partial charge in [-0.15, -0.1) is 0 Å². The van der Waals surface area contributed by atoms with Gasteiger partial charge in [0.2, 0.25) is 11.8 Å². The Bertz CT molecular complexity index is 1790. The van der Waals surface area contributed by atoms with Gasteiger partial charge in [-0.3, -0.25) is 4.57 Å². The highest BCUT2D eigenvalue weighted by molar-refractivity contribution is 5.84. The fraction of sp³-hybridized carbons (Fsp3) is 0.0357. The number of rotatable bonds is 6. The minimum absolute atomic E-state index is 0.0643. The molecule has 0 amide bonds. The van der Waals surface area contributed by atoms with Gasteiger partial charge in [0.25, 0.3) is 0 Å². The summed E-state index contributed by atoms with van der Waals surface area (Å²) in [5.74, 6) is 1.45. The molecular weight excluding hydrogens is 476 g/mol. The monoisotopic (exact) mass is 496 g/mol. The van der Waals surface area contributed by atoms with Crippen molar-refractivity contribution >= 4 is 22.9 Å². The minimum atomic E-state index is 0.0643. The molecule has 3 N–H and O–H groups in total. The molecule has 0 spiro atoms. The summed E-state index contributed by atoms with van der Waals surface area (Å²) >= 11 is 0. The smallest absolute Gasteiger partial charge is 0.236 e. The van der Waals surface area contributed by atoms with Crippen molar-refractivity contribution in [2.24, 2.45) is 0 Å². The summed E-state index contributed by atoms with van der Waals surface area (Å²) in [4.78, 5) is 26.0. The summed E-state index contributed by atoms with van der Waals surface area (Å²) in [6, 6.07) is 27.6. The van der Waals surface area contributed by atoms with E-state index in [-0.39, 0.29) is 5.82 Å². The predicted octanol–water partition coefficient (Wildman–Crippen LogP) is 4.40. The Morgan fingerprint density at radius 3 is 2.47 bits per heavy atom. The highest BCUT2D eigenvalue weighted by atomic mass is 15.1. The fourth-order valence-corrected chi connectivity index (χ4v) is 4.14. The molecule has 4 aromatic heterocycles. The van der Waals surface area contributed by atoms with Crippen LogP contribution in [0.15, 0.2) is 91.4 Å². The van der Waals surface area contributed by atoms with Gasteiger partial charge in [-0.25, -0.2) is 24.9 Å². The van der Waals surface area contributed by atoms with Gasteiger partial charge in [0.15, 0.2) is 11.5 Å². The standard InChI is InChI=1S/C28H20N10/c29-15-24-33-17-34-28(37-24)32-16-18-8-10-20(11-9-18)38-26(21-7-4-14-31-25(21)30)36-23-13-12-22(35-27(23)38)19-5-2-1-3-6-19/h1-14,17H,16H2,(H2,30,31)(H,32,33,34,37). The maximum absolute atomic E-state index is 8.99. The number of fused-ring (bicyclic) bond motifs is 1. The van der Waals surface area contributed by atoms with Crippen molar-refractivity contribution in [3.05, 3.63) is 103 Å². The third-order valence-corrected chi connectivity index (χ3v) is 5.97. The molecule has 6 rings (SSSR count). The third-order valence-electron chi connectivity index (χ3n) is 5.97. The lowest BCUT2D eigenvalue weighted by atomic mass is 10.1. The van der Waals surface area contributed by atoms with Crippen molar-refractivity contribution in [1.82, 2.24) is 34.5 Å². The second-order valence-electron chi connectivity index (χ2n) is 8.38. The molecule has 10 nitrogen and oxygen atoms in total. The Balaban J connectivity index is 1.41. The van der Waals surface area contributed by atoms with Crippen LogP contribution in [-0.2, 0) is 6.54 Å². The van der Waals surface area contributed by atoms with Gasteiger partial charge < -0.3 is 11.1 Å². The van der Waals surface area contributed by atoms with Crippen LogP contribution in [0.25, 0.3) is 39.5 Å². The molecular formula is C28H20N10. The number of imidazole rings is 1. The zero-order valence-electron chi connectivity index (χ0n) is 20.0. The molecule has 182 valence electrons. The van der Waals surface area contributed by atoms with Crippen molar-refractivity contribution in [1.29, 1.82) is 5.26 Å². The van der Waals surface area contributed by atoms with Gasteiger partial charge >= 0.3 is 0 Å². The van der Waals surface area contributed by atoms with E-state index in [1.807, 2.05) is 89.5 Å². The van der Waals surface area contributed by atoms with Crippen molar-refractivity contribution in [2.45, 2.75) is 6.54 Å². The number of nitrogen functional groups attached to an aromatic ring is 1. The first-order valence-corrected chi connectivity index (χ1v) is 11.8. The number of anilines is 2. The second kappa shape index (κ2) is 9.75. The number of nitrogens with one attached hydrogen (secondary N) is 1. The van der Waals surface area contributed by atoms with E-state index < -0.39 is 0 Å². The van der Waals surface area contributed by atoms with Gasteiger partial charge in [-0.1, -0.05) is 42.5 Å². The first-order valence-electron chi connectivity index (χ1n) is 11.8. The largest absolute Gasteiger partial charge is 0.383 e. The molecule has 0 saturated heterocycles. The first kappa shape index (κ1) is 22.8. The Morgan fingerprint density at radius 1 is 0.842 bits per heavy atom. The Morgan fingerprint density at radius 2 is 1.68 bits per heavy atom. The molecule has 0 saturated carbocycles. The molecule has 0 bridgehead atoms. The minimum Gasteiger partial charge on any atom is -0.383 e. The van der Waals surface area contributed by atoms with Crippen molar-refractivity contribution in [3.8, 4) is 34.4 Å². The first-order chi connectivity index (χ1) is 18.7. The average Bonchev–Trinajstić information content (AvgIpc) is 3.35. The summed E-state index contributed by atoms with van der Waals surface area (Å²) < 4.78 is 2.00. The number of hydrogen-bond donors (Lipinski definition) is 2. The molecule has 38 heavy (non-hydrogen) atoms. The van der Waals surface area contributed by atoms with Crippen molar-refractivity contribution in [2.75, 3.05) is 11.1 Å². The molecule has 0 atom stereocenters. The van der Waals surface area contributed by atoms with Crippen LogP contribution in [-0.4, -0.2) is 34.5 Å². The molecule has 0 fully saturated rings. The molecule has 6 aromatic rings. The Hall–Kier alpha value is -5.69. The van der Waals surface area contributed by atoms with Gasteiger partial charge in [0.05, 0.1) is 11.3 Å². The second-order valence-corrected chi connectivity index (χ2v) is 8.38. The van der Waals surface area contributed by atoms with Gasteiger partial charge in [-0.2, -0.15) is 10.2 Å². The average molecular weight is 497 g/mol. The van der Waals surface area contributed by atoms with Crippen LogP contribution in [0.3, 0.4) is 0 Å². The van der Waals surface area contributed by atoms with E-state index in [0.29, 0.717) is 29.8 Å². The molecule has 0 aliphatic carbocycles. The number of hydrogen-bond acceptors (Lipinski definition) is 9. The Labute approximate surface area is 217 Å². The van der Waals surface area contributed by atoms with Crippen LogP contribution in [0.2, 0.25) is 0 Å². The summed E-state index contributed by atoms with van der Waals surface area (Å²) in [6.07, 6.45) is 2.97. The maximum Gasteiger partial charge on any atom is 0.236 e. The van der Waals surface area contributed by atoms with Crippen LogP contribution in [0, 0.1) is 11.3 Å². The lowest BCUT2D eigenvalue weighted by Gasteiger charge is -2.12. The van der Waals surface area contributed by atoms with Crippen LogP contribution in [0.5, 0.6) is 0 Å². The number of aromatic nitrogens is 7. The fourth-order valence-electron chi connectivity index (χ4n) is 4.14. The number of nitrogens with zero attached hydrogens (tertiary/aromatic N) is 8. The molecule has 0 radical (unpaired) electrons. The number of benzene rings is 2. The van der Waals surface area contributed by atoms with E-state index in [1.54, 1.807) is 6.20 Å². The highest BCUT2D eigenvalue weighted by Gasteiger charge is 2.18. The lowest BCUT2D eigenvalue weighted by Crippen LogP contribution is -2.06. The summed E-state index contributed by atoms with van der Waals surface area (Å²) in [6.45, 7) is 0.471. The zero-order chi connectivity index (χ0) is 25.9. The molecule has 0 unspecified atom stereocenters. The van der Waals surface area contributed by atoms with Gasteiger partial charge in [0.1, 0.15) is 23.7 Å². The SMILES string of the molecule is N#Cc1ncnc(NCc2ccc(-n3c(-c4cccnc4N)nc4ccc(-c5ccccc5)nc43)cc2)n1. The third kappa shape index (κ3) is 4.36. The molecule has 4 heterocycles. The highest BCUT2D eigenvalue weighted by Crippen LogP contribution is 2.31. The van der Waals surface area contributed by atoms with E-state index >= 15 is 0 Å². The van der Waals surface area contributed by atoms with E-state index in [4.69, 9.17) is 21.0 Å². The summed E-state index contributed by atoms with van der Waals surface area (Å²) in [5, 5.41) is 12.1. The van der Waals surface area contributed by atoms with Crippen LogP contribution in [0.1, 0.15) is 11.4 Å². The number of nitrogens with two attached hydrogens (primary N) is 1. The quantitative estimate of drug-likeness (QED) is 0.343. The van der Waals surface area contributed by atoms with E-state index in [0.717, 1.165) is 33.6 Å². The normalized spacial score (nSPS) is 10.8. The van der Waals surface area contributed by atoms with Crippen LogP contribution in [0.4, 0.5) is 11.8 Å². The number of nitriles is 1. The predicted molar refractivity (Wildman–Crippen MR) is 144 cm³/mol. The van der Waals surface area contributed by atoms with Crippen LogP contribution >= 0.6 is 0 Å². The molecule has 0 aliphatic rings. The molecule has 2 aromatic carbocycles. The lowest BCUT2D eigenvalue weighted by molar-refractivity contribution is 0.979. The van der Waals surface area contributed by atoms with Crippen LogP contribution < -0.4 is 11.1 Å². The molecule has 10 heteroatoms. The summed E-state index contributed by atoms with van der Waals surface area (Å²) in [7, 11) is 0. The topological polar surface area (TPSA) is 144 Å². The van der Waals surface area contributed by atoms with E-state index in [9.17, 15) is 0 Å².